The minimum Gasteiger partial charge on any atom is -0.493 e. The second kappa shape index (κ2) is 6.03. The smallest absolute Gasteiger partial charge is 0.151 e. The first kappa shape index (κ1) is 12.4. The molecule has 15 heavy (non-hydrogen) atoms. The molecule has 0 spiro atoms. The van der Waals surface area contributed by atoms with Gasteiger partial charge < -0.3 is 4.74 Å². The second-order valence-electron chi connectivity index (χ2n) is 3.08. The Labute approximate surface area is 100.0 Å². The largest absolute Gasteiger partial charge is 0.493 e. The fourth-order valence-corrected chi connectivity index (χ4v) is 1.62. The number of carbonyl (C=O) groups excluding carboxylic acids is 1. The molecule has 0 bridgehead atoms. The van der Waals surface area contributed by atoms with Gasteiger partial charge in [-0.2, -0.15) is 0 Å². The molecule has 1 aromatic carbocycles. The Hall–Kier alpha value is -0.670. The Morgan fingerprint density at radius 3 is 2.80 bits per heavy atom. The molecule has 0 heterocycles. The Morgan fingerprint density at radius 2 is 2.27 bits per heavy atom. The van der Waals surface area contributed by atoms with Crippen molar-refractivity contribution in [3.8, 4) is 5.75 Å². The van der Waals surface area contributed by atoms with E-state index in [9.17, 15) is 4.79 Å². The van der Waals surface area contributed by atoms with Gasteiger partial charge in [-0.3, -0.25) is 4.79 Å². The molecule has 0 radical (unpaired) electrons. The molecule has 0 unspecified atom stereocenters. The number of rotatable bonds is 5. The van der Waals surface area contributed by atoms with Crippen molar-refractivity contribution in [2.75, 3.05) is 12.5 Å². The number of Topliss-reactive ketones (excluding diaryl/α,β-unsaturated/α-hetero) is 1. The van der Waals surface area contributed by atoms with E-state index in [1.165, 1.54) is 0 Å². The van der Waals surface area contributed by atoms with Crippen LogP contribution in [0, 0.1) is 0 Å². The molecule has 0 aliphatic carbocycles. The van der Waals surface area contributed by atoms with Crippen LogP contribution in [0.2, 0.25) is 0 Å². The van der Waals surface area contributed by atoms with Crippen molar-refractivity contribution in [3.63, 3.8) is 0 Å². The Balaban J connectivity index is 2.77. The molecule has 0 atom stereocenters. The molecular weight excluding hydrogens is 232 g/mol. The van der Waals surface area contributed by atoms with E-state index in [1.807, 2.05) is 25.1 Å². The van der Waals surface area contributed by atoms with E-state index >= 15 is 0 Å². The Bertz CT molecular complexity index is 352. The van der Waals surface area contributed by atoms with E-state index in [0.717, 1.165) is 16.2 Å². The van der Waals surface area contributed by atoms with Crippen molar-refractivity contribution in [2.24, 2.45) is 0 Å². The average molecular weight is 245 g/mol. The monoisotopic (exact) mass is 244 g/mol. The van der Waals surface area contributed by atoms with E-state index in [1.54, 1.807) is 0 Å². The predicted molar refractivity (Wildman–Crippen MR) is 64.3 cm³/mol. The Morgan fingerprint density at radius 1 is 1.53 bits per heavy atom. The van der Waals surface area contributed by atoms with E-state index in [4.69, 9.17) is 16.3 Å². The van der Waals surface area contributed by atoms with E-state index in [-0.39, 0.29) is 11.7 Å². The standard InChI is InChI=1S/C11H13ClO2S/c1-2-14-10-4-3-8(6-11(10)15)5-9(13)7-12/h3-4,6,15H,2,5,7H2,1H3. The fraction of sp³-hybridized carbons (Fsp3) is 0.364. The van der Waals surface area contributed by atoms with Gasteiger partial charge in [0.15, 0.2) is 5.78 Å². The highest BCUT2D eigenvalue weighted by molar-refractivity contribution is 7.80. The lowest BCUT2D eigenvalue weighted by Gasteiger charge is -2.07. The maximum absolute atomic E-state index is 11.1. The number of alkyl halides is 1. The quantitative estimate of drug-likeness (QED) is 0.637. The summed E-state index contributed by atoms with van der Waals surface area (Å²) >= 11 is 9.71. The predicted octanol–water partition coefficient (Wildman–Crippen LogP) is 2.72. The third-order valence-corrected chi connectivity index (χ3v) is 2.52. The summed E-state index contributed by atoms with van der Waals surface area (Å²) in [5.74, 6) is 0.797. The molecule has 0 aliphatic heterocycles. The first-order valence-corrected chi connectivity index (χ1v) is 5.68. The van der Waals surface area contributed by atoms with Gasteiger partial charge in [0, 0.05) is 11.3 Å². The summed E-state index contributed by atoms with van der Waals surface area (Å²) in [7, 11) is 0. The van der Waals surface area contributed by atoms with Crippen LogP contribution in [-0.2, 0) is 11.2 Å². The van der Waals surface area contributed by atoms with Gasteiger partial charge in [-0.25, -0.2) is 0 Å². The summed E-state index contributed by atoms with van der Waals surface area (Å²) in [4.78, 5) is 11.9. The molecule has 0 N–H and O–H groups in total. The van der Waals surface area contributed by atoms with Gasteiger partial charge >= 0.3 is 0 Å². The number of carbonyl (C=O) groups is 1. The highest BCUT2D eigenvalue weighted by atomic mass is 35.5. The Kier molecular flexibility index (Phi) is 4.99. The topological polar surface area (TPSA) is 26.3 Å². The van der Waals surface area contributed by atoms with Crippen LogP contribution in [0.1, 0.15) is 12.5 Å². The number of halogens is 1. The van der Waals surface area contributed by atoms with Gasteiger partial charge in [-0.1, -0.05) is 6.07 Å². The zero-order valence-electron chi connectivity index (χ0n) is 8.50. The molecule has 2 nitrogen and oxygen atoms in total. The number of ether oxygens (including phenoxy) is 1. The molecule has 0 fully saturated rings. The zero-order valence-corrected chi connectivity index (χ0v) is 10.1. The maximum Gasteiger partial charge on any atom is 0.151 e. The third-order valence-electron chi connectivity index (χ3n) is 1.87. The molecule has 4 heteroatoms. The van der Waals surface area contributed by atoms with Crippen LogP contribution < -0.4 is 4.74 Å². The number of hydrogen-bond acceptors (Lipinski definition) is 3. The molecular formula is C11H13ClO2S. The van der Waals surface area contributed by atoms with Gasteiger partial charge in [-0.15, -0.1) is 24.2 Å². The highest BCUT2D eigenvalue weighted by Crippen LogP contribution is 2.23. The maximum atomic E-state index is 11.1. The van der Waals surface area contributed by atoms with Gasteiger partial charge in [0.25, 0.3) is 0 Å². The summed E-state index contributed by atoms with van der Waals surface area (Å²) in [6.45, 7) is 2.52. The lowest BCUT2D eigenvalue weighted by molar-refractivity contribution is -0.116. The van der Waals surface area contributed by atoms with Crippen LogP contribution in [0.4, 0.5) is 0 Å². The van der Waals surface area contributed by atoms with Crippen molar-refractivity contribution < 1.29 is 9.53 Å². The molecule has 1 aromatic rings. The summed E-state index contributed by atoms with van der Waals surface area (Å²) < 4.78 is 5.34. The minimum atomic E-state index is 0.00793. The normalized spacial score (nSPS) is 10.1. The fourth-order valence-electron chi connectivity index (χ4n) is 1.23. The summed E-state index contributed by atoms with van der Waals surface area (Å²) in [5.41, 5.74) is 0.911. The van der Waals surface area contributed by atoms with Crippen LogP contribution >= 0.6 is 24.2 Å². The SMILES string of the molecule is CCOc1ccc(CC(=O)CCl)cc1S. The molecule has 0 aromatic heterocycles. The van der Waals surface area contributed by atoms with Gasteiger partial charge in [0.2, 0.25) is 0 Å². The van der Waals surface area contributed by atoms with Crippen molar-refractivity contribution in [1.82, 2.24) is 0 Å². The zero-order chi connectivity index (χ0) is 11.3. The number of hydrogen-bond donors (Lipinski definition) is 1. The first-order valence-electron chi connectivity index (χ1n) is 4.69. The lowest BCUT2D eigenvalue weighted by Crippen LogP contribution is -2.04. The summed E-state index contributed by atoms with van der Waals surface area (Å²) in [6, 6.07) is 5.51. The molecule has 0 saturated heterocycles. The molecule has 0 saturated carbocycles. The van der Waals surface area contributed by atoms with Crippen molar-refractivity contribution in [3.05, 3.63) is 23.8 Å². The minimum absolute atomic E-state index is 0.00793. The first-order chi connectivity index (χ1) is 7.17. The van der Waals surface area contributed by atoms with E-state index < -0.39 is 0 Å². The van der Waals surface area contributed by atoms with Crippen molar-refractivity contribution in [1.29, 1.82) is 0 Å². The van der Waals surface area contributed by atoms with Crippen molar-refractivity contribution in [2.45, 2.75) is 18.2 Å². The van der Waals surface area contributed by atoms with E-state index in [0.29, 0.717) is 13.0 Å². The number of benzene rings is 1. The van der Waals surface area contributed by atoms with Crippen LogP contribution in [0.25, 0.3) is 0 Å². The van der Waals surface area contributed by atoms with E-state index in [2.05, 4.69) is 12.6 Å². The molecule has 0 aliphatic rings. The van der Waals surface area contributed by atoms with Gasteiger partial charge in [0.1, 0.15) is 5.75 Å². The third kappa shape index (κ3) is 3.76. The number of thiol groups is 1. The van der Waals surface area contributed by atoms with Crippen molar-refractivity contribution >= 4 is 30.0 Å². The summed E-state index contributed by atoms with van der Waals surface area (Å²) in [6.07, 6.45) is 0.351. The van der Waals surface area contributed by atoms with Crippen LogP contribution in [-0.4, -0.2) is 18.3 Å². The second-order valence-corrected chi connectivity index (χ2v) is 3.83. The van der Waals surface area contributed by atoms with Crippen LogP contribution in [0.3, 0.4) is 0 Å². The lowest BCUT2D eigenvalue weighted by atomic mass is 10.1. The van der Waals surface area contributed by atoms with Gasteiger partial charge in [0.05, 0.1) is 12.5 Å². The molecule has 1 rings (SSSR count). The molecule has 0 amide bonds. The summed E-state index contributed by atoms with van der Waals surface area (Å²) in [5, 5.41) is 0. The van der Waals surface area contributed by atoms with Gasteiger partial charge in [-0.05, 0) is 24.6 Å². The molecule has 82 valence electrons. The van der Waals surface area contributed by atoms with Crippen LogP contribution in [0.5, 0.6) is 5.75 Å². The number of ketones is 1. The van der Waals surface area contributed by atoms with Crippen LogP contribution in [0.15, 0.2) is 23.1 Å². The average Bonchev–Trinajstić information content (AvgIpc) is 2.22. The highest BCUT2D eigenvalue weighted by Gasteiger charge is 2.05.